The molecule has 1 aliphatic rings. The van der Waals surface area contributed by atoms with Crippen LogP contribution in [0.15, 0.2) is 42.7 Å². The van der Waals surface area contributed by atoms with E-state index in [0.29, 0.717) is 0 Å². The molecule has 1 aromatic heterocycles. The van der Waals surface area contributed by atoms with Gasteiger partial charge in [0.05, 0.1) is 12.7 Å². The summed E-state index contributed by atoms with van der Waals surface area (Å²) in [7, 11) is 0. The molecule has 0 fully saturated rings. The molecule has 1 unspecified atom stereocenters. The van der Waals surface area contributed by atoms with E-state index in [4.69, 9.17) is 5.84 Å². The average molecular weight is 269 g/mol. The van der Waals surface area contributed by atoms with E-state index in [2.05, 4.69) is 56.1 Å². The largest absolute Gasteiger partial charge is 0.262 e. The minimum atomic E-state index is 0.153. The molecule has 0 radical (unpaired) electrons. The molecule has 4 heteroatoms. The van der Waals surface area contributed by atoms with Crippen LogP contribution in [0, 0.1) is 6.92 Å². The van der Waals surface area contributed by atoms with Crippen molar-refractivity contribution in [3.05, 3.63) is 48.3 Å². The number of nitrogens with zero attached hydrogens (tertiary/aromatic N) is 3. The highest BCUT2D eigenvalue weighted by Gasteiger charge is 2.49. The molecule has 0 amide bonds. The van der Waals surface area contributed by atoms with Crippen LogP contribution in [0.5, 0.6) is 0 Å². The first kappa shape index (κ1) is 13.1. The fourth-order valence-corrected chi connectivity index (χ4v) is 3.48. The number of hydrazine groups is 1. The molecule has 20 heavy (non-hydrogen) atoms. The molecule has 3 rings (SSSR count). The van der Waals surface area contributed by atoms with E-state index >= 15 is 0 Å². The number of para-hydroxylation sites is 1. The van der Waals surface area contributed by atoms with E-state index in [1.165, 1.54) is 16.9 Å². The van der Waals surface area contributed by atoms with Crippen molar-refractivity contribution in [2.24, 2.45) is 5.84 Å². The van der Waals surface area contributed by atoms with E-state index in [9.17, 15) is 0 Å². The molecule has 2 heterocycles. The van der Waals surface area contributed by atoms with E-state index in [0.717, 1.165) is 16.7 Å². The number of aryl methyl sites for hydroxylation is 1. The minimum absolute atomic E-state index is 0.153. The Morgan fingerprint density at radius 3 is 2.70 bits per heavy atom. The Kier molecular flexibility index (Phi) is 3.00. The van der Waals surface area contributed by atoms with Gasteiger partial charge in [0, 0.05) is 24.8 Å². The Labute approximate surface area is 120 Å². The summed E-state index contributed by atoms with van der Waals surface area (Å²) in [6.45, 7) is 7.51. The molecule has 0 spiro atoms. The number of benzene rings is 1. The van der Waals surface area contributed by atoms with Crippen LogP contribution < -0.4 is 15.3 Å². The number of pyridine rings is 1. The molecule has 2 atom stereocenters. The highest BCUT2D eigenvalue weighted by Crippen LogP contribution is 2.49. The van der Waals surface area contributed by atoms with Crippen molar-refractivity contribution in [2.75, 3.05) is 11.6 Å². The number of hydrogen-bond donors (Lipinski definition) is 1. The van der Waals surface area contributed by atoms with E-state index in [1.807, 2.05) is 17.4 Å². The molecule has 2 N–H and O–H groups in total. The van der Waals surface area contributed by atoms with Gasteiger partial charge in [-0.3, -0.25) is 9.99 Å². The fraction of sp³-hybridized carbons (Fsp3) is 0.312. The lowest BCUT2D eigenvalue weighted by atomic mass is 10.1. The molecular formula is C16H21N4+. The number of fused-ring (bicyclic) bond motifs is 1. The third-order valence-electron chi connectivity index (χ3n) is 4.57. The van der Waals surface area contributed by atoms with Crippen LogP contribution in [0.4, 0.5) is 17.1 Å². The molecule has 0 saturated heterocycles. The predicted molar refractivity (Wildman–Crippen MR) is 83.5 cm³/mol. The van der Waals surface area contributed by atoms with Crippen LogP contribution in [0.25, 0.3) is 0 Å². The molecule has 0 aliphatic carbocycles. The number of rotatable bonds is 2. The standard InChI is InChI=1S/C16H21N4/c1-4-20(15-8-6-5-7-12(15)2)13(3)19(17)14-11-18-10-9-16(14)20/h5-11,13H,4,17H2,1-3H3/q+1/t13-,20?/m0/s1. The number of quaternary nitrogens is 1. The molecule has 4 nitrogen and oxygen atoms in total. The zero-order valence-corrected chi connectivity index (χ0v) is 12.2. The Morgan fingerprint density at radius 1 is 1.25 bits per heavy atom. The quantitative estimate of drug-likeness (QED) is 0.673. The maximum absolute atomic E-state index is 6.31. The number of nitrogens with two attached hydrogens (primary N) is 1. The van der Waals surface area contributed by atoms with Crippen molar-refractivity contribution in [3.8, 4) is 0 Å². The number of hydrogen-bond acceptors (Lipinski definition) is 3. The van der Waals surface area contributed by atoms with Crippen LogP contribution in [0.2, 0.25) is 0 Å². The van der Waals surface area contributed by atoms with Gasteiger partial charge in [0.15, 0.2) is 11.9 Å². The SMILES string of the molecule is CC[N+]1(c2ccccc2C)c2ccncc2N(N)[C@@H]1C. The fourth-order valence-electron chi connectivity index (χ4n) is 3.48. The summed E-state index contributed by atoms with van der Waals surface area (Å²) in [5, 5.41) is 1.85. The summed E-state index contributed by atoms with van der Waals surface area (Å²) >= 11 is 0. The third kappa shape index (κ3) is 1.52. The van der Waals surface area contributed by atoms with Crippen molar-refractivity contribution in [1.82, 2.24) is 9.47 Å². The number of aromatic nitrogens is 1. The Bertz CT molecular complexity index is 640. The predicted octanol–water partition coefficient (Wildman–Crippen LogP) is 3.09. The summed E-state index contributed by atoms with van der Waals surface area (Å²) in [5.74, 6) is 6.31. The molecule has 0 bridgehead atoms. The van der Waals surface area contributed by atoms with Crippen LogP contribution in [0.1, 0.15) is 19.4 Å². The van der Waals surface area contributed by atoms with Gasteiger partial charge in [-0.2, -0.15) is 0 Å². The van der Waals surface area contributed by atoms with Gasteiger partial charge >= 0.3 is 0 Å². The van der Waals surface area contributed by atoms with Crippen molar-refractivity contribution in [3.63, 3.8) is 0 Å². The smallest absolute Gasteiger partial charge is 0.185 e. The van der Waals surface area contributed by atoms with Crippen molar-refractivity contribution in [2.45, 2.75) is 26.9 Å². The van der Waals surface area contributed by atoms with Crippen molar-refractivity contribution in [1.29, 1.82) is 0 Å². The molecule has 104 valence electrons. The Morgan fingerprint density at radius 2 is 2.00 bits per heavy atom. The average Bonchev–Trinajstić information content (AvgIpc) is 2.70. The van der Waals surface area contributed by atoms with E-state index < -0.39 is 0 Å². The summed E-state index contributed by atoms with van der Waals surface area (Å²) in [4.78, 5) is 4.23. The molecular weight excluding hydrogens is 248 g/mol. The highest BCUT2D eigenvalue weighted by atomic mass is 15.6. The van der Waals surface area contributed by atoms with Gasteiger partial charge in [-0.15, -0.1) is 0 Å². The van der Waals surface area contributed by atoms with Gasteiger partial charge in [0.1, 0.15) is 11.4 Å². The molecule has 1 aromatic carbocycles. The first-order chi connectivity index (χ1) is 9.63. The Balaban J connectivity index is 2.31. The zero-order chi connectivity index (χ0) is 14.3. The molecule has 0 saturated carbocycles. The van der Waals surface area contributed by atoms with Gasteiger partial charge in [-0.25, -0.2) is 10.3 Å². The lowest BCUT2D eigenvalue weighted by Crippen LogP contribution is -2.56. The summed E-state index contributed by atoms with van der Waals surface area (Å²) < 4.78 is 0.751. The van der Waals surface area contributed by atoms with Crippen LogP contribution in [0.3, 0.4) is 0 Å². The summed E-state index contributed by atoms with van der Waals surface area (Å²) in [5.41, 5.74) is 4.85. The second-order valence-corrected chi connectivity index (χ2v) is 5.38. The van der Waals surface area contributed by atoms with Crippen LogP contribution >= 0.6 is 0 Å². The summed E-state index contributed by atoms with van der Waals surface area (Å²) in [6.07, 6.45) is 3.87. The number of anilines is 1. The first-order valence-corrected chi connectivity index (χ1v) is 7.05. The van der Waals surface area contributed by atoms with Gasteiger partial charge in [-0.05, 0) is 19.9 Å². The second kappa shape index (κ2) is 4.58. The normalized spacial score (nSPS) is 24.8. The van der Waals surface area contributed by atoms with Gasteiger partial charge in [0.2, 0.25) is 0 Å². The maximum atomic E-state index is 6.31. The summed E-state index contributed by atoms with van der Waals surface area (Å²) in [6, 6.07) is 10.6. The van der Waals surface area contributed by atoms with Gasteiger partial charge < -0.3 is 0 Å². The molecule has 2 aromatic rings. The van der Waals surface area contributed by atoms with Crippen molar-refractivity contribution >= 4 is 17.1 Å². The van der Waals surface area contributed by atoms with Crippen LogP contribution in [-0.4, -0.2) is 17.7 Å². The Hall–Kier alpha value is -1.91. The lowest BCUT2D eigenvalue weighted by Gasteiger charge is -2.38. The second-order valence-electron chi connectivity index (χ2n) is 5.38. The van der Waals surface area contributed by atoms with E-state index in [-0.39, 0.29) is 6.17 Å². The zero-order valence-electron chi connectivity index (χ0n) is 12.2. The van der Waals surface area contributed by atoms with Gasteiger partial charge in [0.25, 0.3) is 0 Å². The lowest BCUT2D eigenvalue weighted by molar-refractivity contribution is 0.329. The monoisotopic (exact) mass is 269 g/mol. The highest BCUT2D eigenvalue weighted by molar-refractivity contribution is 5.79. The topological polar surface area (TPSA) is 42.2 Å². The van der Waals surface area contributed by atoms with E-state index in [1.54, 1.807) is 0 Å². The minimum Gasteiger partial charge on any atom is -0.262 e. The van der Waals surface area contributed by atoms with Gasteiger partial charge in [-0.1, -0.05) is 18.2 Å². The maximum Gasteiger partial charge on any atom is 0.185 e. The molecule has 1 aliphatic heterocycles. The first-order valence-electron chi connectivity index (χ1n) is 7.05. The van der Waals surface area contributed by atoms with Crippen molar-refractivity contribution < 1.29 is 0 Å². The third-order valence-corrected chi connectivity index (χ3v) is 4.57. The van der Waals surface area contributed by atoms with Crippen LogP contribution in [-0.2, 0) is 0 Å².